The quantitative estimate of drug-likeness (QED) is 0.0556. The first-order valence-electron chi connectivity index (χ1n) is 28.0. The molecule has 10 heteroatoms. The largest absolute Gasteiger partial charge is 0.507 e. The van der Waals surface area contributed by atoms with Crippen LogP contribution in [-0.2, 0) is 13.1 Å². The first-order valence-corrected chi connectivity index (χ1v) is 28.0. The average molecular weight is 1060 g/mol. The molecule has 2 fully saturated rings. The lowest BCUT2D eigenvalue weighted by Crippen LogP contribution is -2.40. The Kier molecular flexibility index (Phi) is 14.9. The Bertz CT molecular complexity index is 4000. The first kappa shape index (κ1) is 52.0. The molecule has 4 atom stereocenters. The van der Waals surface area contributed by atoms with Gasteiger partial charge in [0, 0.05) is 93.2 Å². The number of aliphatic imine (C=N–C) groups is 2. The number of nitrogens with one attached hydrogen (secondary N) is 2. The highest BCUT2D eigenvalue weighted by Gasteiger charge is 2.28. The molecule has 0 spiro atoms. The van der Waals surface area contributed by atoms with Crippen molar-refractivity contribution in [2.24, 2.45) is 9.98 Å². The Morgan fingerprint density at radius 2 is 0.863 bits per heavy atom. The van der Waals surface area contributed by atoms with Gasteiger partial charge in [0.2, 0.25) is 0 Å². The third-order valence-electron chi connectivity index (χ3n) is 16.7. The van der Waals surface area contributed by atoms with E-state index in [1.165, 1.54) is 0 Å². The van der Waals surface area contributed by atoms with Crippen molar-refractivity contribution in [2.75, 3.05) is 14.2 Å². The van der Waals surface area contributed by atoms with Crippen LogP contribution in [0.3, 0.4) is 0 Å². The second-order valence-electron chi connectivity index (χ2n) is 21.4. The lowest BCUT2D eigenvalue weighted by atomic mass is 9.89. The molecule has 402 valence electrons. The van der Waals surface area contributed by atoms with Crippen molar-refractivity contribution in [2.45, 2.75) is 88.6 Å². The van der Waals surface area contributed by atoms with E-state index in [1.807, 2.05) is 103 Å². The fourth-order valence-corrected chi connectivity index (χ4v) is 12.5. The maximum Gasteiger partial charge on any atom is 0.132 e. The first-order chi connectivity index (χ1) is 39.3. The summed E-state index contributed by atoms with van der Waals surface area (Å²) in [7, 11) is 3.34. The molecule has 6 N–H and O–H groups in total. The Morgan fingerprint density at radius 1 is 0.412 bits per heavy atom. The van der Waals surface area contributed by atoms with Crippen LogP contribution in [0.4, 0.5) is 0 Å². The molecule has 80 heavy (non-hydrogen) atoms. The van der Waals surface area contributed by atoms with Crippen LogP contribution < -0.4 is 20.1 Å². The predicted octanol–water partition coefficient (Wildman–Crippen LogP) is 15.2. The van der Waals surface area contributed by atoms with Crippen molar-refractivity contribution >= 4 is 55.5 Å². The number of benzene rings is 10. The summed E-state index contributed by atoms with van der Waals surface area (Å²) in [4.78, 5) is 10.2. The SMILES string of the molecule is COc1cc2ccccc2cc1-c1c(O)c(CN[C@@H]2CCCC[C@H]2N=Cc2cccc(-c3cccc(C=N[C@@H]4CCCC[C@H]4NCc4cc5ccccc5c(-c5c(OC)ccc6ccccc56)c4O)c3O)c2O)cc2ccccc12. The van der Waals surface area contributed by atoms with Gasteiger partial charge in [-0.1, -0.05) is 153 Å². The van der Waals surface area contributed by atoms with Crippen molar-refractivity contribution < 1.29 is 29.9 Å². The summed E-state index contributed by atoms with van der Waals surface area (Å²) in [6.07, 6.45) is 11.3. The molecule has 0 amide bonds. The lowest BCUT2D eigenvalue weighted by molar-refractivity contribution is 0.327. The highest BCUT2D eigenvalue weighted by atomic mass is 16.5. The van der Waals surface area contributed by atoms with Crippen LogP contribution >= 0.6 is 0 Å². The summed E-state index contributed by atoms with van der Waals surface area (Å²) >= 11 is 0. The van der Waals surface area contributed by atoms with Gasteiger partial charge in [-0.3, -0.25) is 9.98 Å². The van der Waals surface area contributed by atoms with Crippen LogP contribution in [0.1, 0.15) is 73.6 Å². The van der Waals surface area contributed by atoms with Crippen molar-refractivity contribution in [3.8, 4) is 67.9 Å². The normalized spacial score (nSPS) is 17.8. The van der Waals surface area contributed by atoms with Gasteiger partial charge in [-0.25, -0.2) is 0 Å². The van der Waals surface area contributed by atoms with Gasteiger partial charge in [0.15, 0.2) is 0 Å². The molecule has 0 saturated heterocycles. The zero-order valence-electron chi connectivity index (χ0n) is 45.2. The van der Waals surface area contributed by atoms with Gasteiger partial charge in [-0.15, -0.1) is 0 Å². The van der Waals surface area contributed by atoms with Gasteiger partial charge in [-0.05, 0) is 111 Å². The van der Waals surface area contributed by atoms with Gasteiger partial charge in [0.05, 0.1) is 26.3 Å². The topological polar surface area (TPSA) is 148 Å². The van der Waals surface area contributed by atoms with E-state index in [9.17, 15) is 20.4 Å². The number of aromatic hydroxyl groups is 4. The molecule has 0 aromatic heterocycles. The summed E-state index contributed by atoms with van der Waals surface area (Å²) in [5.74, 6) is 1.91. The fraction of sp³-hybridized carbons (Fsp3) is 0.229. The predicted molar refractivity (Wildman–Crippen MR) is 326 cm³/mol. The fourth-order valence-electron chi connectivity index (χ4n) is 12.5. The van der Waals surface area contributed by atoms with Crippen LogP contribution in [0.15, 0.2) is 180 Å². The molecule has 10 nitrogen and oxygen atoms in total. The molecule has 10 aromatic rings. The number of fused-ring (bicyclic) bond motifs is 4. The standard InChI is InChI=1S/C70H66N4O6/c1-79-62-34-33-43-17-5-8-24-52(43)65(62)66-54-26-10-7-21-47(54)36-51(70(66)78)42-74-61-32-14-12-30-59(61)72-40-49-23-16-28-56(68(49)76)55-27-15-22-48(67(55)75)39-71-58-29-11-13-31-60(58)73-41-50-35-46-20-6-9-25-53(46)64(69(50)77)57-37-44-18-3-4-19-45(44)38-63(57)80-2/h3-10,15-28,33-40,58-61,73-78H,11-14,29-32,41-42H2,1-2H3/t58-,59-,60-,61-/m1/s1. The molecule has 0 unspecified atom stereocenters. The van der Waals surface area contributed by atoms with Crippen molar-refractivity contribution in [3.05, 3.63) is 192 Å². The monoisotopic (exact) mass is 1060 g/mol. The molecule has 0 aliphatic heterocycles. The third kappa shape index (κ3) is 10.2. The summed E-state index contributed by atoms with van der Waals surface area (Å²) in [6, 6.07) is 56.1. The van der Waals surface area contributed by atoms with E-state index in [0.29, 0.717) is 46.8 Å². The third-order valence-corrected chi connectivity index (χ3v) is 16.7. The molecule has 0 bridgehead atoms. The highest BCUT2D eigenvalue weighted by molar-refractivity contribution is 6.10. The molecule has 10 aromatic carbocycles. The van der Waals surface area contributed by atoms with Crippen molar-refractivity contribution in [3.63, 3.8) is 0 Å². The van der Waals surface area contributed by atoms with Crippen LogP contribution in [0, 0.1) is 0 Å². The summed E-state index contributed by atoms with van der Waals surface area (Å²) < 4.78 is 11.9. The number of phenols is 4. The molecule has 2 aliphatic carbocycles. The van der Waals surface area contributed by atoms with Crippen molar-refractivity contribution in [1.29, 1.82) is 0 Å². The second-order valence-corrected chi connectivity index (χ2v) is 21.4. The van der Waals surface area contributed by atoms with Gasteiger partial charge in [0.1, 0.15) is 34.5 Å². The van der Waals surface area contributed by atoms with E-state index in [1.54, 1.807) is 26.6 Å². The number of nitrogens with zero attached hydrogens (tertiary/aromatic N) is 2. The molecule has 0 heterocycles. The van der Waals surface area contributed by atoms with Crippen LogP contribution in [0.25, 0.3) is 76.5 Å². The minimum Gasteiger partial charge on any atom is -0.507 e. The van der Waals surface area contributed by atoms with Gasteiger partial charge in [-0.2, -0.15) is 0 Å². The number of hydrogen-bond acceptors (Lipinski definition) is 10. The molecule has 0 radical (unpaired) electrons. The van der Waals surface area contributed by atoms with E-state index in [4.69, 9.17) is 19.5 Å². The molecular weight excluding hydrogens is 993 g/mol. The zero-order chi connectivity index (χ0) is 54.7. The van der Waals surface area contributed by atoms with Crippen LogP contribution in [0.5, 0.6) is 34.5 Å². The molecule has 2 aliphatic rings. The van der Waals surface area contributed by atoms with Crippen molar-refractivity contribution in [1.82, 2.24) is 10.6 Å². The van der Waals surface area contributed by atoms with Gasteiger partial charge >= 0.3 is 0 Å². The summed E-state index contributed by atoms with van der Waals surface area (Å²) in [6.45, 7) is 0.874. The minimum atomic E-state index is -0.0617. The molecule has 2 saturated carbocycles. The van der Waals surface area contributed by atoms with Gasteiger partial charge in [0.25, 0.3) is 0 Å². The number of hydrogen-bond donors (Lipinski definition) is 6. The lowest BCUT2D eigenvalue weighted by Gasteiger charge is -2.30. The maximum absolute atomic E-state index is 12.2. The molecular formula is C70H66N4O6. The Morgan fingerprint density at radius 3 is 1.40 bits per heavy atom. The smallest absolute Gasteiger partial charge is 0.132 e. The number of ether oxygens (including phenoxy) is 2. The summed E-state index contributed by atoms with van der Waals surface area (Å²) in [5.41, 5.74) is 6.90. The average Bonchev–Trinajstić information content (AvgIpc) is 3.57. The number of phenolic OH excluding ortho intramolecular Hbond substituents is 4. The number of rotatable bonds is 15. The van der Waals surface area contributed by atoms with E-state index < -0.39 is 0 Å². The Labute approximate surface area is 466 Å². The zero-order valence-corrected chi connectivity index (χ0v) is 45.2. The maximum atomic E-state index is 12.2. The van der Waals surface area contributed by atoms with E-state index >= 15 is 0 Å². The van der Waals surface area contributed by atoms with E-state index in [2.05, 4.69) is 77.4 Å². The number of para-hydroxylation sites is 2. The Balaban J connectivity index is 0.758. The van der Waals surface area contributed by atoms with Gasteiger partial charge < -0.3 is 40.5 Å². The highest BCUT2D eigenvalue weighted by Crippen LogP contribution is 2.48. The van der Waals surface area contributed by atoms with E-state index in [0.717, 1.165) is 128 Å². The Hall–Kier alpha value is -8.70. The minimum absolute atomic E-state index is 0.0362. The number of methoxy groups -OCH3 is 2. The van der Waals surface area contributed by atoms with Crippen LogP contribution in [-0.4, -0.2) is 71.2 Å². The second kappa shape index (κ2) is 22.9. The van der Waals surface area contributed by atoms with Crippen LogP contribution in [0.2, 0.25) is 0 Å². The van der Waals surface area contributed by atoms with E-state index in [-0.39, 0.29) is 47.2 Å². The summed E-state index contributed by atoms with van der Waals surface area (Å²) in [5, 5.41) is 63.8. The molecule has 12 rings (SSSR count).